The minimum atomic E-state index is -0.403. The molecule has 0 aliphatic carbocycles. The van der Waals surface area contributed by atoms with Crippen LogP contribution in [-0.2, 0) is 20.7 Å². The van der Waals surface area contributed by atoms with Gasteiger partial charge in [0.05, 0.1) is 18.2 Å². The van der Waals surface area contributed by atoms with E-state index in [9.17, 15) is 9.59 Å². The van der Waals surface area contributed by atoms with Gasteiger partial charge in [0.25, 0.3) is 0 Å². The molecule has 2 rings (SSSR count). The molecule has 1 aromatic heterocycles. The smallest absolute Gasteiger partial charge is 0.248 e. The number of amides is 2. The van der Waals surface area contributed by atoms with Crippen molar-refractivity contribution in [2.45, 2.75) is 38.8 Å². The zero-order valence-corrected chi connectivity index (χ0v) is 17.0. The Morgan fingerprint density at radius 3 is 2.39 bits per heavy atom. The Hall–Kier alpha value is -2.73. The Balaban J connectivity index is 1.99. The van der Waals surface area contributed by atoms with Gasteiger partial charge in [-0.05, 0) is 38.5 Å². The van der Waals surface area contributed by atoms with Crippen LogP contribution in [0.2, 0.25) is 0 Å². The molecule has 2 amide bonds. The Morgan fingerprint density at radius 2 is 1.79 bits per heavy atom. The van der Waals surface area contributed by atoms with Crippen LogP contribution in [0.5, 0.6) is 0 Å². The van der Waals surface area contributed by atoms with E-state index in [1.165, 1.54) is 4.90 Å². The van der Waals surface area contributed by atoms with Gasteiger partial charge >= 0.3 is 0 Å². The van der Waals surface area contributed by atoms with Crippen molar-refractivity contribution in [1.29, 1.82) is 0 Å². The fraction of sp³-hybridized carbons (Fsp3) is 0.409. The maximum absolute atomic E-state index is 12.6. The largest absolute Gasteiger partial charge is 0.366 e. The summed E-state index contributed by atoms with van der Waals surface area (Å²) in [5.74, 6) is -0.456. The average molecular weight is 383 g/mol. The van der Waals surface area contributed by atoms with Crippen LogP contribution in [0, 0.1) is 0 Å². The van der Waals surface area contributed by atoms with Gasteiger partial charge in [-0.2, -0.15) is 0 Å². The summed E-state index contributed by atoms with van der Waals surface area (Å²) in [6.45, 7) is 5.57. The van der Waals surface area contributed by atoms with Crippen LogP contribution >= 0.6 is 0 Å². The van der Waals surface area contributed by atoms with Crippen LogP contribution < -0.4 is 5.32 Å². The zero-order chi connectivity index (χ0) is 20.6. The van der Waals surface area contributed by atoms with E-state index in [4.69, 9.17) is 4.74 Å². The van der Waals surface area contributed by atoms with Crippen molar-refractivity contribution in [3.05, 3.63) is 66.0 Å². The first-order chi connectivity index (χ1) is 13.2. The van der Waals surface area contributed by atoms with Crippen molar-refractivity contribution >= 4 is 11.8 Å². The molecule has 0 saturated heterocycles. The molecule has 6 nitrogen and oxygen atoms in total. The standard InChI is InChI=1S/C22H29N3O3/c1-22(2,3)28-16-21(27)25(4)15-20(26)24-19(17-10-6-5-7-11-17)14-18-12-8-9-13-23-18/h5-13,19H,14-16H2,1-4H3,(H,24,26). The van der Waals surface area contributed by atoms with Crippen LogP contribution in [0.15, 0.2) is 54.7 Å². The second-order valence-electron chi connectivity index (χ2n) is 7.71. The molecular weight excluding hydrogens is 354 g/mol. The third-order valence-corrected chi connectivity index (χ3v) is 4.11. The van der Waals surface area contributed by atoms with Gasteiger partial charge in [0.15, 0.2) is 0 Å². The maximum Gasteiger partial charge on any atom is 0.248 e. The Kier molecular flexibility index (Phi) is 7.70. The topological polar surface area (TPSA) is 71.5 Å². The maximum atomic E-state index is 12.6. The number of ether oxygens (including phenoxy) is 1. The monoisotopic (exact) mass is 383 g/mol. The van der Waals surface area contributed by atoms with Gasteiger partial charge in [0.1, 0.15) is 6.61 Å². The Morgan fingerprint density at radius 1 is 1.11 bits per heavy atom. The van der Waals surface area contributed by atoms with Crippen molar-refractivity contribution in [3.8, 4) is 0 Å². The third kappa shape index (κ3) is 7.48. The molecule has 1 unspecified atom stereocenters. The minimum Gasteiger partial charge on any atom is -0.366 e. The molecule has 0 fully saturated rings. The van der Waals surface area contributed by atoms with E-state index in [0.29, 0.717) is 6.42 Å². The lowest BCUT2D eigenvalue weighted by atomic mass is 10.0. The molecule has 150 valence electrons. The molecule has 0 bridgehead atoms. The molecule has 6 heteroatoms. The summed E-state index contributed by atoms with van der Waals surface area (Å²) < 4.78 is 5.49. The molecule has 28 heavy (non-hydrogen) atoms. The van der Waals surface area contributed by atoms with E-state index in [2.05, 4.69) is 10.3 Å². The second kappa shape index (κ2) is 9.99. The number of carbonyl (C=O) groups excluding carboxylic acids is 2. The molecule has 1 aromatic carbocycles. The molecule has 1 atom stereocenters. The number of benzene rings is 1. The lowest BCUT2D eigenvalue weighted by molar-refractivity contribution is -0.142. The Bertz CT molecular complexity index is 758. The van der Waals surface area contributed by atoms with Crippen LogP contribution in [0.4, 0.5) is 0 Å². The summed E-state index contributed by atoms with van der Waals surface area (Å²) in [4.78, 5) is 30.5. The minimum absolute atomic E-state index is 0.0299. The quantitative estimate of drug-likeness (QED) is 0.761. The van der Waals surface area contributed by atoms with E-state index in [-0.39, 0.29) is 31.0 Å². The van der Waals surface area contributed by atoms with E-state index >= 15 is 0 Å². The molecule has 2 aromatic rings. The summed E-state index contributed by atoms with van der Waals surface area (Å²) in [6.07, 6.45) is 2.31. The lowest BCUT2D eigenvalue weighted by Crippen LogP contribution is -2.42. The summed E-state index contributed by atoms with van der Waals surface area (Å²) in [5.41, 5.74) is 1.48. The SMILES string of the molecule is CN(CC(=O)NC(Cc1ccccn1)c1ccccc1)C(=O)COC(C)(C)C. The number of aromatic nitrogens is 1. The number of nitrogens with one attached hydrogen (secondary N) is 1. The summed E-state index contributed by atoms with van der Waals surface area (Å²) in [6, 6.07) is 15.2. The molecular formula is C22H29N3O3. The predicted molar refractivity (Wildman–Crippen MR) is 109 cm³/mol. The predicted octanol–water partition coefficient (Wildman–Crippen LogP) is 2.76. The highest BCUT2D eigenvalue weighted by molar-refractivity contribution is 5.85. The van der Waals surface area contributed by atoms with Crippen molar-refractivity contribution in [3.63, 3.8) is 0 Å². The average Bonchev–Trinajstić information content (AvgIpc) is 2.66. The van der Waals surface area contributed by atoms with E-state index in [0.717, 1.165) is 11.3 Å². The van der Waals surface area contributed by atoms with Gasteiger partial charge in [-0.1, -0.05) is 36.4 Å². The molecule has 0 radical (unpaired) electrons. The number of hydrogen-bond donors (Lipinski definition) is 1. The molecule has 0 spiro atoms. The Labute approximate surface area is 166 Å². The van der Waals surface area contributed by atoms with Gasteiger partial charge in [-0.25, -0.2) is 0 Å². The fourth-order valence-corrected chi connectivity index (χ4v) is 2.60. The first kappa shape index (κ1) is 21.6. The van der Waals surface area contributed by atoms with E-state index < -0.39 is 5.60 Å². The van der Waals surface area contributed by atoms with Crippen molar-refractivity contribution in [2.24, 2.45) is 0 Å². The fourth-order valence-electron chi connectivity index (χ4n) is 2.60. The highest BCUT2D eigenvalue weighted by Crippen LogP contribution is 2.17. The van der Waals surface area contributed by atoms with Gasteiger partial charge < -0.3 is 15.0 Å². The number of hydrogen-bond acceptors (Lipinski definition) is 4. The van der Waals surface area contributed by atoms with E-state index in [1.54, 1.807) is 13.2 Å². The van der Waals surface area contributed by atoms with E-state index in [1.807, 2.05) is 69.3 Å². The van der Waals surface area contributed by atoms with Gasteiger partial charge in [-0.15, -0.1) is 0 Å². The molecule has 0 aliphatic heterocycles. The van der Waals surface area contributed by atoms with Crippen molar-refractivity contribution < 1.29 is 14.3 Å². The molecule has 1 N–H and O–H groups in total. The zero-order valence-electron chi connectivity index (χ0n) is 17.0. The summed E-state index contributed by atoms with van der Waals surface area (Å²) >= 11 is 0. The normalized spacial score (nSPS) is 12.3. The number of pyridine rings is 1. The highest BCUT2D eigenvalue weighted by Gasteiger charge is 2.20. The second-order valence-corrected chi connectivity index (χ2v) is 7.71. The number of nitrogens with zero attached hydrogens (tertiary/aromatic N) is 2. The van der Waals surface area contributed by atoms with Gasteiger partial charge in [-0.3, -0.25) is 14.6 Å². The van der Waals surface area contributed by atoms with Gasteiger partial charge in [0, 0.05) is 25.4 Å². The van der Waals surface area contributed by atoms with Crippen LogP contribution in [0.25, 0.3) is 0 Å². The number of rotatable bonds is 8. The van der Waals surface area contributed by atoms with Crippen LogP contribution in [0.1, 0.15) is 38.1 Å². The first-order valence-corrected chi connectivity index (χ1v) is 9.37. The van der Waals surface area contributed by atoms with Gasteiger partial charge in [0.2, 0.25) is 11.8 Å². The highest BCUT2D eigenvalue weighted by atomic mass is 16.5. The van der Waals surface area contributed by atoms with Crippen LogP contribution in [0.3, 0.4) is 0 Å². The lowest BCUT2D eigenvalue weighted by Gasteiger charge is -2.24. The summed E-state index contributed by atoms with van der Waals surface area (Å²) in [7, 11) is 1.60. The van der Waals surface area contributed by atoms with Crippen LogP contribution in [-0.4, -0.2) is 47.5 Å². The molecule has 1 heterocycles. The molecule has 0 aliphatic rings. The number of carbonyl (C=O) groups is 2. The van der Waals surface area contributed by atoms with Crippen molar-refractivity contribution in [1.82, 2.24) is 15.2 Å². The third-order valence-electron chi connectivity index (χ3n) is 4.11. The summed E-state index contributed by atoms with van der Waals surface area (Å²) in [5, 5.41) is 3.03. The first-order valence-electron chi connectivity index (χ1n) is 9.37. The number of likely N-dealkylation sites (N-methyl/N-ethyl adjacent to an activating group) is 1. The van der Waals surface area contributed by atoms with Crippen molar-refractivity contribution in [2.75, 3.05) is 20.2 Å². The molecule has 0 saturated carbocycles.